The van der Waals surface area contributed by atoms with Crippen molar-refractivity contribution in [3.8, 4) is 17.1 Å². The number of rotatable bonds is 4. The van der Waals surface area contributed by atoms with Crippen molar-refractivity contribution in [3.63, 3.8) is 0 Å². The molecule has 4 rings (SSSR count). The minimum atomic E-state index is -0.225. The molecule has 0 aliphatic carbocycles. The molecule has 1 saturated heterocycles. The Morgan fingerprint density at radius 3 is 2.85 bits per heavy atom. The van der Waals surface area contributed by atoms with E-state index in [2.05, 4.69) is 10.1 Å². The average Bonchev–Trinajstić information content (AvgIpc) is 3.37. The van der Waals surface area contributed by atoms with Crippen LogP contribution in [-0.4, -0.2) is 34.6 Å². The Morgan fingerprint density at radius 2 is 2.07 bits per heavy atom. The average molecular weight is 384 g/mol. The first-order valence-electron chi connectivity index (χ1n) is 8.70. The number of amides is 1. The molecule has 1 atom stereocenters. The van der Waals surface area contributed by atoms with Crippen LogP contribution >= 0.6 is 11.6 Å². The van der Waals surface area contributed by atoms with Crippen LogP contribution in [0.15, 0.2) is 53.1 Å². The minimum absolute atomic E-state index is 0.0670. The summed E-state index contributed by atoms with van der Waals surface area (Å²) < 4.78 is 10.7. The Bertz CT molecular complexity index is 955. The monoisotopic (exact) mass is 383 g/mol. The summed E-state index contributed by atoms with van der Waals surface area (Å²) in [7, 11) is 1.58. The van der Waals surface area contributed by atoms with Crippen LogP contribution in [0, 0.1) is 0 Å². The number of likely N-dealkylation sites (tertiary alicyclic amines) is 1. The molecule has 2 heterocycles. The second-order valence-electron chi connectivity index (χ2n) is 6.35. The molecule has 0 spiro atoms. The Labute approximate surface area is 161 Å². The van der Waals surface area contributed by atoms with E-state index in [1.165, 1.54) is 0 Å². The van der Waals surface area contributed by atoms with E-state index >= 15 is 0 Å². The molecule has 0 radical (unpaired) electrons. The maximum atomic E-state index is 13.0. The van der Waals surface area contributed by atoms with Crippen LogP contribution in [-0.2, 0) is 0 Å². The zero-order valence-electron chi connectivity index (χ0n) is 14.8. The molecule has 2 aromatic carbocycles. The molecular weight excluding hydrogens is 366 g/mol. The third-order valence-corrected chi connectivity index (χ3v) is 4.91. The molecule has 6 nitrogen and oxygen atoms in total. The number of carbonyl (C=O) groups is 1. The van der Waals surface area contributed by atoms with Gasteiger partial charge in [-0.15, -0.1) is 0 Å². The van der Waals surface area contributed by atoms with Crippen LogP contribution in [0.1, 0.15) is 35.1 Å². The highest BCUT2D eigenvalue weighted by Gasteiger charge is 2.34. The van der Waals surface area contributed by atoms with Gasteiger partial charge in [0.2, 0.25) is 11.7 Å². The lowest BCUT2D eigenvalue weighted by Gasteiger charge is -2.22. The first-order chi connectivity index (χ1) is 13.2. The smallest absolute Gasteiger partial charge is 0.254 e. The van der Waals surface area contributed by atoms with Crippen molar-refractivity contribution >= 4 is 17.5 Å². The highest BCUT2D eigenvalue weighted by Crippen LogP contribution is 2.33. The van der Waals surface area contributed by atoms with Gasteiger partial charge >= 0.3 is 0 Å². The number of hydrogen-bond acceptors (Lipinski definition) is 5. The highest BCUT2D eigenvalue weighted by molar-refractivity contribution is 6.30. The predicted molar refractivity (Wildman–Crippen MR) is 101 cm³/mol. The summed E-state index contributed by atoms with van der Waals surface area (Å²) in [4.78, 5) is 19.3. The maximum Gasteiger partial charge on any atom is 0.254 e. The van der Waals surface area contributed by atoms with Crippen molar-refractivity contribution in [3.05, 3.63) is 65.0 Å². The van der Waals surface area contributed by atoms with E-state index in [-0.39, 0.29) is 11.9 Å². The van der Waals surface area contributed by atoms with Crippen molar-refractivity contribution < 1.29 is 14.1 Å². The maximum absolute atomic E-state index is 13.0. The van der Waals surface area contributed by atoms with Gasteiger partial charge in [-0.05, 0) is 55.3 Å². The topological polar surface area (TPSA) is 68.5 Å². The van der Waals surface area contributed by atoms with Gasteiger partial charge in [-0.2, -0.15) is 4.98 Å². The molecule has 0 bridgehead atoms. The largest absolute Gasteiger partial charge is 0.497 e. The molecule has 0 saturated carbocycles. The molecular formula is C20H18ClN3O3. The van der Waals surface area contributed by atoms with Gasteiger partial charge in [0.05, 0.1) is 7.11 Å². The van der Waals surface area contributed by atoms with E-state index < -0.39 is 0 Å². The zero-order valence-corrected chi connectivity index (χ0v) is 15.5. The number of halogens is 1. The molecule has 1 aliphatic rings. The van der Waals surface area contributed by atoms with Crippen molar-refractivity contribution in [1.82, 2.24) is 15.0 Å². The van der Waals surface area contributed by atoms with E-state index in [1.807, 2.05) is 24.3 Å². The summed E-state index contributed by atoms with van der Waals surface area (Å²) in [5.41, 5.74) is 1.40. The third kappa shape index (κ3) is 3.53. The lowest BCUT2D eigenvalue weighted by Crippen LogP contribution is -2.30. The van der Waals surface area contributed by atoms with E-state index in [4.69, 9.17) is 20.9 Å². The molecule has 3 aromatic rings. The van der Waals surface area contributed by atoms with Crippen LogP contribution in [0.25, 0.3) is 11.4 Å². The number of carbonyl (C=O) groups excluding carboxylic acids is 1. The number of benzene rings is 2. The summed E-state index contributed by atoms with van der Waals surface area (Å²) >= 11 is 5.92. The van der Waals surface area contributed by atoms with E-state index in [9.17, 15) is 4.79 Å². The molecule has 7 heteroatoms. The SMILES string of the molecule is COc1cccc(C(=O)N2CCCC2c2nc(-c3ccc(Cl)cc3)no2)c1. The Hall–Kier alpha value is -2.86. The van der Waals surface area contributed by atoms with Gasteiger partial charge in [-0.1, -0.05) is 22.8 Å². The van der Waals surface area contributed by atoms with Crippen LogP contribution in [0.5, 0.6) is 5.75 Å². The number of aromatic nitrogens is 2. The Morgan fingerprint density at radius 1 is 1.26 bits per heavy atom. The van der Waals surface area contributed by atoms with Gasteiger partial charge in [-0.3, -0.25) is 4.79 Å². The van der Waals surface area contributed by atoms with Gasteiger partial charge in [-0.25, -0.2) is 0 Å². The van der Waals surface area contributed by atoms with Crippen LogP contribution in [0.4, 0.5) is 0 Å². The lowest BCUT2D eigenvalue weighted by atomic mass is 10.1. The summed E-state index contributed by atoms with van der Waals surface area (Å²) in [6.07, 6.45) is 1.68. The summed E-state index contributed by atoms with van der Waals surface area (Å²) in [5, 5.41) is 4.71. The van der Waals surface area contributed by atoms with Crippen molar-refractivity contribution in [1.29, 1.82) is 0 Å². The van der Waals surface area contributed by atoms with Gasteiger partial charge in [0.25, 0.3) is 5.91 Å². The molecule has 1 fully saturated rings. The fourth-order valence-electron chi connectivity index (χ4n) is 3.28. The minimum Gasteiger partial charge on any atom is -0.497 e. The second kappa shape index (κ2) is 7.40. The molecule has 138 valence electrons. The summed E-state index contributed by atoms with van der Waals surface area (Å²) in [6.45, 7) is 0.652. The first-order valence-corrected chi connectivity index (χ1v) is 9.08. The number of hydrogen-bond donors (Lipinski definition) is 0. The summed E-state index contributed by atoms with van der Waals surface area (Å²) in [5.74, 6) is 1.53. The van der Waals surface area contributed by atoms with E-state index in [1.54, 1.807) is 36.3 Å². The molecule has 1 aliphatic heterocycles. The van der Waals surface area contributed by atoms with Crippen LogP contribution in [0.2, 0.25) is 5.02 Å². The Balaban J connectivity index is 1.58. The second-order valence-corrected chi connectivity index (χ2v) is 6.79. The fourth-order valence-corrected chi connectivity index (χ4v) is 3.40. The van der Waals surface area contributed by atoms with Gasteiger partial charge < -0.3 is 14.2 Å². The quantitative estimate of drug-likeness (QED) is 0.668. The van der Waals surface area contributed by atoms with E-state index in [0.717, 1.165) is 18.4 Å². The van der Waals surface area contributed by atoms with Gasteiger partial charge in [0.15, 0.2) is 0 Å². The number of nitrogens with zero attached hydrogens (tertiary/aromatic N) is 3. The van der Waals surface area contributed by atoms with Crippen molar-refractivity contribution in [2.24, 2.45) is 0 Å². The Kier molecular flexibility index (Phi) is 4.81. The first kappa shape index (κ1) is 17.5. The molecule has 1 aromatic heterocycles. The molecule has 27 heavy (non-hydrogen) atoms. The molecule has 0 N–H and O–H groups in total. The van der Waals surface area contributed by atoms with Crippen LogP contribution in [0.3, 0.4) is 0 Å². The van der Waals surface area contributed by atoms with Gasteiger partial charge in [0.1, 0.15) is 11.8 Å². The fraction of sp³-hybridized carbons (Fsp3) is 0.250. The van der Waals surface area contributed by atoms with Crippen LogP contribution < -0.4 is 4.74 Å². The third-order valence-electron chi connectivity index (χ3n) is 4.66. The normalized spacial score (nSPS) is 16.5. The number of methoxy groups -OCH3 is 1. The number of ether oxygens (including phenoxy) is 1. The van der Waals surface area contributed by atoms with Gasteiger partial charge in [0, 0.05) is 22.7 Å². The highest BCUT2D eigenvalue weighted by atomic mass is 35.5. The lowest BCUT2D eigenvalue weighted by molar-refractivity contribution is 0.0709. The predicted octanol–water partition coefficient (Wildman–Crippen LogP) is 4.38. The zero-order chi connectivity index (χ0) is 18.8. The summed E-state index contributed by atoms with van der Waals surface area (Å²) in [6, 6.07) is 14.2. The molecule has 1 amide bonds. The van der Waals surface area contributed by atoms with Crippen molar-refractivity contribution in [2.75, 3.05) is 13.7 Å². The molecule has 1 unspecified atom stereocenters. The standard InChI is InChI=1S/C20H18ClN3O3/c1-26-16-5-2-4-14(12-16)20(25)24-11-3-6-17(24)19-22-18(23-27-19)13-7-9-15(21)10-8-13/h2,4-5,7-10,12,17H,3,6,11H2,1H3. The van der Waals surface area contributed by atoms with E-state index in [0.29, 0.717) is 34.6 Å². The van der Waals surface area contributed by atoms with Crippen molar-refractivity contribution in [2.45, 2.75) is 18.9 Å².